The second-order valence-corrected chi connectivity index (χ2v) is 10.7. The van der Waals surface area contributed by atoms with Crippen LogP contribution in [0.5, 0.6) is 5.75 Å². The number of aliphatic hydroxyl groups excluding tert-OH is 1. The summed E-state index contributed by atoms with van der Waals surface area (Å²) >= 11 is 0. The van der Waals surface area contributed by atoms with Crippen LogP contribution in [0, 0.1) is 29.1 Å². The third kappa shape index (κ3) is 2.92. The van der Waals surface area contributed by atoms with Gasteiger partial charge in [-0.2, -0.15) is 0 Å². The van der Waals surface area contributed by atoms with Gasteiger partial charge < -0.3 is 10.2 Å². The van der Waals surface area contributed by atoms with Gasteiger partial charge in [0.25, 0.3) is 0 Å². The third-order valence-corrected chi connectivity index (χ3v) is 8.61. The first-order valence-corrected chi connectivity index (χ1v) is 11.5. The summed E-state index contributed by atoms with van der Waals surface area (Å²) in [7, 11) is 0. The molecule has 8 atom stereocenters. The van der Waals surface area contributed by atoms with E-state index in [2.05, 4.69) is 45.0 Å². The first-order chi connectivity index (χ1) is 14.3. The Morgan fingerprint density at radius 2 is 1.80 bits per heavy atom. The van der Waals surface area contributed by atoms with Gasteiger partial charge in [0.2, 0.25) is 0 Å². The smallest absolute Gasteiger partial charge is 0.115 e. The Morgan fingerprint density at radius 1 is 1.07 bits per heavy atom. The van der Waals surface area contributed by atoms with Gasteiger partial charge in [-0.1, -0.05) is 57.2 Å². The van der Waals surface area contributed by atoms with E-state index in [9.17, 15) is 10.2 Å². The van der Waals surface area contributed by atoms with Gasteiger partial charge >= 0.3 is 0 Å². The molecule has 0 bridgehead atoms. The van der Waals surface area contributed by atoms with E-state index in [-0.39, 0.29) is 46.9 Å². The van der Waals surface area contributed by atoms with Gasteiger partial charge in [0.05, 0.1) is 6.10 Å². The highest BCUT2D eigenvalue weighted by atomic mass is 19.1. The fraction of sp³-hybridized carbons (Fsp3) is 0.556. The summed E-state index contributed by atoms with van der Waals surface area (Å²) in [6.45, 7) is 6.64. The summed E-state index contributed by atoms with van der Waals surface area (Å²) in [5.41, 5.74) is 3.23. The van der Waals surface area contributed by atoms with E-state index in [1.165, 1.54) is 5.56 Å². The van der Waals surface area contributed by atoms with Crippen LogP contribution in [0.2, 0.25) is 0 Å². The van der Waals surface area contributed by atoms with E-state index >= 15 is 4.39 Å². The second-order valence-electron chi connectivity index (χ2n) is 10.7. The molecule has 2 N–H and O–H groups in total. The van der Waals surface area contributed by atoms with Crippen molar-refractivity contribution in [2.75, 3.05) is 0 Å². The Bertz CT molecular complexity index is 926. The van der Waals surface area contributed by atoms with E-state index < -0.39 is 6.17 Å². The van der Waals surface area contributed by atoms with Gasteiger partial charge in [-0.3, -0.25) is 0 Å². The normalized spacial score (nSPS) is 40.0. The number of hydrogen-bond donors (Lipinski definition) is 2. The van der Waals surface area contributed by atoms with Crippen LogP contribution in [0.3, 0.4) is 0 Å². The largest absolute Gasteiger partial charge is 0.508 e. The lowest BCUT2D eigenvalue weighted by atomic mass is 9.49. The predicted molar refractivity (Wildman–Crippen MR) is 117 cm³/mol. The second kappa shape index (κ2) is 7.09. The summed E-state index contributed by atoms with van der Waals surface area (Å²) in [5, 5.41) is 21.2. The van der Waals surface area contributed by atoms with Gasteiger partial charge in [0, 0.05) is 5.92 Å². The Kier molecular flexibility index (Phi) is 4.74. The Balaban J connectivity index is 1.71. The minimum Gasteiger partial charge on any atom is -0.508 e. The van der Waals surface area contributed by atoms with Crippen LogP contribution < -0.4 is 0 Å². The van der Waals surface area contributed by atoms with Crippen LogP contribution in [0.25, 0.3) is 0 Å². The summed E-state index contributed by atoms with van der Waals surface area (Å²) in [5.74, 6) is 1.27. The molecule has 160 valence electrons. The fourth-order valence-corrected chi connectivity index (χ4v) is 7.70. The van der Waals surface area contributed by atoms with E-state index in [0.717, 1.165) is 17.5 Å². The zero-order valence-corrected chi connectivity index (χ0v) is 18.1. The molecule has 2 saturated carbocycles. The molecule has 2 nitrogen and oxygen atoms in total. The van der Waals surface area contributed by atoms with E-state index in [4.69, 9.17) is 0 Å². The van der Waals surface area contributed by atoms with Crippen molar-refractivity contribution in [3.8, 4) is 5.75 Å². The van der Waals surface area contributed by atoms with Crippen LogP contribution in [0.4, 0.5) is 4.39 Å². The van der Waals surface area contributed by atoms with Gasteiger partial charge in [-0.15, -0.1) is 0 Å². The van der Waals surface area contributed by atoms with E-state index in [0.29, 0.717) is 18.8 Å². The monoisotopic (exact) mass is 408 g/mol. The topological polar surface area (TPSA) is 40.5 Å². The molecule has 2 aromatic carbocycles. The number of aliphatic hydroxyl groups is 1. The minimum absolute atomic E-state index is 0.155. The summed E-state index contributed by atoms with van der Waals surface area (Å²) in [4.78, 5) is 0. The molecule has 3 aliphatic carbocycles. The molecule has 5 rings (SSSR count). The fourth-order valence-electron chi connectivity index (χ4n) is 7.70. The molecule has 3 aliphatic rings. The lowest BCUT2D eigenvalue weighted by molar-refractivity contribution is -0.0363. The maximum Gasteiger partial charge on any atom is 0.115 e. The van der Waals surface area contributed by atoms with Gasteiger partial charge in [0.15, 0.2) is 0 Å². The van der Waals surface area contributed by atoms with Crippen LogP contribution in [-0.4, -0.2) is 22.5 Å². The average Bonchev–Trinajstić information content (AvgIpc) is 2.97. The third-order valence-electron chi connectivity index (χ3n) is 8.61. The molecule has 3 heteroatoms. The van der Waals surface area contributed by atoms with Crippen molar-refractivity contribution in [1.29, 1.82) is 0 Å². The highest BCUT2D eigenvalue weighted by Gasteiger charge is 2.62. The highest BCUT2D eigenvalue weighted by Crippen LogP contribution is 2.67. The molecule has 2 aromatic rings. The number of hydrogen-bond acceptors (Lipinski definition) is 2. The molecule has 0 amide bonds. The number of halogens is 1. The quantitative estimate of drug-likeness (QED) is 0.656. The Labute approximate surface area is 179 Å². The van der Waals surface area contributed by atoms with Crippen LogP contribution in [0.1, 0.15) is 62.1 Å². The molecule has 2 fully saturated rings. The zero-order chi connectivity index (χ0) is 21.2. The molecule has 0 radical (unpaired) electrons. The Hall–Kier alpha value is -1.87. The van der Waals surface area contributed by atoms with Crippen molar-refractivity contribution in [1.82, 2.24) is 0 Å². The van der Waals surface area contributed by atoms with Crippen LogP contribution >= 0.6 is 0 Å². The average molecular weight is 409 g/mol. The highest BCUT2D eigenvalue weighted by molar-refractivity contribution is 5.44. The molecule has 0 spiro atoms. The summed E-state index contributed by atoms with van der Waals surface area (Å²) in [6, 6.07) is 16.0. The summed E-state index contributed by atoms with van der Waals surface area (Å²) < 4.78 is 16.0. The lowest BCUT2D eigenvalue weighted by Gasteiger charge is -2.55. The molecule has 0 aromatic heterocycles. The lowest BCUT2D eigenvalue weighted by Crippen LogP contribution is -2.50. The van der Waals surface area contributed by atoms with Gasteiger partial charge in [-0.25, -0.2) is 4.39 Å². The number of fused-ring (bicyclic) bond motifs is 5. The van der Waals surface area contributed by atoms with Gasteiger partial charge in [-0.05, 0) is 83.1 Å². The van der Waals surface area contributed by atoms with Gasteiger partial charge in [0.1, 0.15) is 11.9 Å². The van der Waals surface area contributed by atoms with Crippen molar-refractivity contribution < 1.29 is 14.6 Å². The van der Waals surface area contributed by atoms with Crippen molar-refractivity contribution in [3.05, 3.63) is 65.2 Å². The van der Waals surface area contributed by atoms with Crippen molar-refractivity contribution in [3.63, 3.8) is 0 Å². The van der Waals surface area contributed by atoms with Crippen molar-refractivity contribution >= 4 is 0 Å². The predicted octanol–water partition coefficient (Wildman–Crippen LogP) is 5.83. The van der Waals surface area contributed by atoms with Crippen LogP contribution in [0.15, 0.2) is 48.5 Å². The molecular weight excluding hydrogens is 375 g/mol. The summed E-state index contributed by atoms with van der Waals surface area (Å²) in [6.07, 6.45) is 0.747. The number of alkyl halides is 1. The maximum absolute atomic E-state index is 16.0. The molecular formula is C27H33FO2. The Morgan fingerprint density at radius 3 is 2.50 bits per heavy atom. The van der Waals surface area contributed by atoms with E-state index in [1.54, 1.807) is 6.07 Å². The molecule has 0 unspecified atom stereocenters. The number of aromatic hydroxyl groups is 1. The number of benzene rings is 2. The van der Waals surface area contributed by atoms with Crippen molar-refractivity contribution in [2.24, 2.45) is 29.1 Å². The standard InChI is InChI=1S/C27H33FO2/c1-15(2)23-22(30)14-27(3)13-21(28)24-19-10-9-18(29)11-17(19)12-20(25(24)26(23)27)16-7-5-4-6-8-16/h4-11,15,20-26,29-30H,12-14H2,1-3H3/t20-,21-,22-,23+,24-,25+,26-,27+/m0/s1. The van der Waals surface area contributed by atoms with Crippen molar-refractivity contribution in [2.45, 2.75) is 64.1 Å². The SMILES string of the molecule is CC(C)[C@H]1[C@H]2[C@H]3[C@@H](c4ccc(O)cc4C[C@H]3c3ccccc3)[C@@H](F)C[C@]2(C)C[C@@H]1O. The first kappa shape index (κ1) is 20.1. The molecule has 0 heterocycles. The molecule has 0 saturated heterocycles. The van der Waals surface area contributed by atoms with E-state index in [1.807, 2.05) is 18.2 Å². The van der Waals surface area contributed by atoms with Crippen LogP contribution in [-0.2, 0) is 6.42 Å². The maximum atomic E-state index is 16.0. The zero-order valence-electron chi connectivity index (χ0n) is 18.1. The molecule has 0 aliphatic heterocycles. The number of rotatable bonds is 2. The number of phenols is 1. The minimum atomic E-state index is -0.927. The first-order valence-electron chi connectivity index (χ1n) is 11.5. The number of phenolic OH excluding ortho intramolecular Hbond substituents is 1. The molecule has 30 heavy (non-hydrogen) atoms.